The third-order valence-electron chi connectivity index (χ3n) is 10.0. The van der Waals surface area contributed by atoms with Gasteiger partial charge in [-0.2, -0.15) is 0 Å². The van der Waals surface area contributed by atoms with E-state index < -0.39 is 6.10 Å². The highest BCUT2D eigenvalue weighted by Crippen LogP contribution is 2.14. The summed E-state index contributed by atoms with van der Waals surface area (Å²) in [5.74, 6) is -0.207. The molecule has 0 aliphatic rings. The van der Waals surface area contributed by atoms with Crippen LogP contribution >= 0.6 is 0 Å². The first kappa shape index (κ1) is 52.8. The fourth-order valence-corrected chi connectivity index (χ4v) is 6.53. The smallest absolute Gasteiger partial charge is 0.306 e. The predicted octanol–water partition coefficient (Wildman–Crippen LogP) is 15.8. The number of esters is 1. The van der Waals surface area contributed by atoms with Gasteiger partial charge in [0.25, 0.3) is 0 Å². The van der Waals surface area contributed by atoms with Gasteiger partial charge in [-0.3, -0.25) is 4.79 Å². The van der Waals surface area contributed by atoms with Gasteiger partial charge in [0.05, 0.1) is 13.2 Å². The van der Waals surface area contributed by atoms with E-state index in [9.17, 15) is 9.90 Å². The molecule has 1 atom stereocenters. The van der Waals surface area contributed by atoms with Crippen LogP contribution in [0.3, 0.4) is 0 Å². The van der Waals surface area contributed by atoms with Crippen molar-refractivity contribution in [2.75, 3.05) is 19.8 Å². The zero-order valence-corrected chi connectivity index (χ0v) is 36.4. The molecule has 0 rings (SSSR count). The van der Waals surface area contributed by atoms with Crippen LogP contribution in [0.25, 0.3) is 0 Å². The van der Waals surface area contributed by atoms with Crippen LogP contribution in [-0.2, 0) is 14.3 Å². The number of hydrogen-bond donors (Lipinski definition) is 1. The lowest BCUT2D eigenvalue weighted by atomic mass is 10.1. The minimum atomic E-state index is -0.544. The fourth-order valence-electron chi connectivity index (χ4n) is 6.53. The molecule has 0 aliphatic heterocycles. The van der Waals surface area contributed by atoms with Gasteiger partial charge in [0, 0.05) is 13.0 Å². The quantitative estimate of drug-likeness (QED) is 0.0381. The second-order valence-corrected chi connectivity index (χ2v) is 15.4. The van der Waals surface area contributed by atoms with Crippen LogP contribution in [0.1, 0.15) is 219 Å². The van der Waals surface area contributed by atoms with Gasteiger partial charge in [-0.25, -0.2) is 0 Å². The summed E-state index contributed by atoms with van der Waals surface area (Å²) in [5.41, 5.74) is 0. The SMILES string of the molecule is CC/C=C\C/C=C\C/C=C\C/C=C\C/C=C\CCCCCCCCCCOCC(CO)OC(=O)CCCCCCCCCCC/C=C\CCCCCCCC. The van der Waals surface area contributed by atoms with E-state index >= 15 is 0 Å². The van der Waals surface area contributed by atoms with Crippen molar-refractivity contribution in [2.24, 2.45) is 0 Å². The van der Waals surface area contributed by atoms with Gasteiger partial charge in [0.15, 0.2) is 0 Å². The highest BCUT2D eigenvalue weighted by Gasteiger charge is 2.13. The van der Waals surface area contributed by atoms with Crippen molar-refractivity contribution in [1.29, 1.82) is 0 Å². The second-order valence-electron chi connectivity index (χ2n) is 15.4. The maximum atomic E-state index is 12.2. The minimum absolute atomic E-state index is 0.178. The molecule has 0 saturated heterocycles. The summed E-state index contributed by atoms with van der Waals surface area (Å²) in [6, 6.07) is 0. The Balaban J connectivity index is 3.46. The van der Waals surface area contributed by atoms with Crippen LogP contribution in [0.4, 0.5) is 0 Å². The number of carbonyl (C=O) groups excluding carboxylic acids is 1. The number of aliphatic hydroxyl groups is 1. The van der Waals surface area contributed by atoms with E-state index in [0.29, 0.717) is 13.0 Å². The summed E-state index contributed by atoms with van der Waals surface area (Å²) in [7, 11) is 0. The predicted molar refractivity (Wildman–Crippen MR) is 242 cm³/mol. The topological polar surface area (TPSA) is 55.8 Å². The molecule has 0 amide bonds. The van der Waals surface area contributed by atoms with E-state index in [1.807, 2.05) is 0 Å². The van der Waals surface area contributed by atoms with Gasteiger partial charge in [0.2, 0.25) is 0 Å². The Morgan fingerprint density at radius 3 is 1.25 bits per heavy atom. The Kier molecular flexibility index (Phi) is 46.1. The molecule has 1 unspecified atom stereocenters. The van der Waals surface area contributed by atoms with E-state index in [0.717, 1.165) is 51.4 Å². The highest BCUT2D eigenvalue weighted by atomic mass is 16.6. The summed E-state index contributed by atoms with van der Waals surface area (Å²) in [4.78, 5) is 12.2. The first-order valence-corrected chi connectivity index (χ1v) is 23.5. The van der Waals surface area contributed by atoms with Crippen molar-refractivity contribution < 1.29 is 19.4 Å². The van der Waals surface area contributed by atoms with Crippen molar-refractivity contribution in [3.05, 3.63) is 72.9 Å². The fraction of sp³-hybridized carbons (Fsp3) is 0.745. The summed E-state index contributed by atoms with van der Waals surface area (Å²) in [5, 5.41) is 9.63. The van der Waals surface area contributed by atoms with E-state index in [4.69, 9.17) is 9.47 Å². The maximum Gasteiger partial charge on any atom is 0.306 e. The molecule has 0 aromatic rings. The molecule has 0 radical (unpaired) electrons. The van der Waals surface area contributed by atoms with E-state index in [-0.39, 0.29) is 19.2 Å². The lowest BCUT2D eigenvalue weighted by Gasteiger charge is -2.16. The van der Waals surface area contributed by atoms with Crippen molar-refractivity contribution in [3.8, 4) is 0 Å². The molecule has 0 bridgehead atoms. The molecule has 318 valence electrons. The van der Waals surface area contributed by atoms with Crippen molar-refractivity contribution in [3.63, 3.8) is 0 Å². The highest BCUT2D eigenvalue weighted by molar-refractivity contribution is 5.69. The normalized spacial score (nSPS) is 13.0. The van der Waals surface area contributed by atoms with Crippen LogP contribution < -0.4 is 0 Å². The van der Waals surface area contributed by atoms with Gasteiger partial charge < -0.3 is 14.6 Å². The lowest BCUT2D eigenvalue weighted by Crippen LogP contribution is -2.27. The summed E-state index contributed by atoms with van der Waals surface area (Å²) < 4.78 is 11.2. The Morgan fingerprint density at radius 2 is 0.818 bits per heavy atom. The molecular formula is C51H90O4. The molecular weight excluding hydrogens is 677 g/mol. The maximum absolute atomic E-state index is 12.2. The third-order valence-corrected chi connectivity index (χ3v) is 10.0. The first-order chi connectivity index (χ1) is 27.2. The van der Waals surface area contributed by atoms with Crippen LogP contribution in [0, 0.1) is 0 Å². The summed E-state index contributed by atoms with van der Waals surface area (Å²) in [6.45, 7) is 5.22. The molecule has 4 heteroatoms. The number of carbonyl (C=O) groups is 1. The van der Waals surface area contributed by atoms with Crippen LogP contribution in [0.2, 0.25) is 0 Å². The summed E-state index contributed by atoms with van der Waals surface area (Å²) >= 11 is 0. The number of allylic oxidation sites excluding steroid dienone is 12. The summed E-state index contributed by atoms with van der Waals surface area (Å²) in [6.07, 6.45) is 65.4. The number of rotatable bonds is 43. The van der Waals surface area contributed by atoms with Gasteiger partial charge in [0.1, 0.15) is 6.10 Å². The number of ether oxygens (including phenoxy) is 2. The Bertz CT molecular complexity index is 942. The molecule has 1 N–H and O–H groups in total. The molecule has 0 heterocycles. The Morgan fingerprint density at radius 1 is 0.455 bits per heavy atom. The minimum Gasteiger partial charge on any atom is -0.457 e. The Hall–Kier alpha value is -2.17. The number of hydrogen-bond acceptors (Lipinski definition) is 4. The monoisotopic (exact) mass is 767 g/mol. The number of unbranched alkanes of at least 4 members (excludes halogenated alkanes) is 23. The lowest BCUT2D eigenvalue weighted by molar-refractivity contribution is -0.154. The van der Waals surface area contributed by atoms with Crippen molar-refractivity contribution in [1.82, 2.24) is 0 Å². The second kappa shape index (κ2) is 48.0. The zero-order valence-electron chi connectivity index (χ0n) is 36.4. The first-order valence-electron chi connectivity index (χ1n) is 23.5. The average Bonchev–Trinajstić information content (AvgIpc) is 3.19. The zero-order chi connectivity index (χ0) is 39.8. The van der Waals surface area contributed by atoms with Gasteiger partial charge in [-0.15, -0.1) is 0 Å². The van der Waals surface area contributed by atoms with Crippen LogP contribution in [-0.4, -0.2) is 37.0 Å². The van der Waals surface area contributed by atoms with E-state index in [1.165, 1.54) is 148 Å². The molecule has 0 aromatic heterocycles. The van der Waals surface area contributed by atoms with E-state index in [1.54, 1.807) is 0 Å². The van der Waals surface area contributed by atoms with Crippen LogP contribution in [0.5, 0.6) is 0 Å². The molecule has 0 saturated carbocycles. The largest absolute Gasteiger partial charge is 0.457 e. The van der Waals surface area contributed by atoms with E-state index in [2.05, 4.69) is 86.8 Å². The Labute approximate surface area is 342 Å². The molecule has 4 nitrogen and oxygen atoms in total. The molecule has 55 heavy (non-hydrogen) atoms. The molecule has 0 spiro atoms. The van der Waals surface area contributed by atoms with Crippen molar-refractivity contribution >= 4 is 5.97 Å². The van der Waals surface area contributed by atoms with Gasteiger partial charge in [-0.1, -0.05) is 202 Å². The van der Waals surface area contributed by atoms with Crippen LogP contribution in [0.15, 0.2) is 72.9 Å². The van der Waals surface area contributed by atoms with Gasteiger partial charge in [-0.05, 0) is 83.5 Å². The molecule has 0 fully saturated rings. The third kappa shape index (κ3) is 46.1. The molecule has 0 aliphatic carbocycles. The molecule has 0 aromatic carbocycles. The van der Waals surface area contributed by atoms with Crippen molar-refractivity contribution in [2.45, 2.75) is 225 Å². The standard InChI is InChI=1S/C51H90O4/c1-3-5-7-9-11-13-15-17-19-21-23-24-25-26-27-29-31-33-35-37-39-41-43-45-47-54-49-50(48-52)55-51(53)46-44-42-40-38-36-34-32-30-28-22-20-18-16-14-12-10-8-6-4-2/h5,7,11,13,17-20,23-24,26-27,50,52H,3-4,6,8-10,12,14-16,21-22,25,28-49H2,1-2H3/b7-5-,13-11-,19-17-,20-18-,24-23-,27-26-. The average molecular weight is 767 g/mol. The number of aliphatic hydroxyl groups excluding tert-OH is 1. The van der Waals surface area contributed by atoms with Gasteiger partial charge >= 0.3 is 5.97 Å².